The number of ether oxygens (including phenoxy) is 1. The summed E-state index contributed by atoms with van der Waals surface area (Å²) in [5, 5.41) is 11.3. The predicted molar refractivity (Wildman–Crippen MR) is 100 cm³/mol. The number of anilines is 3. The van der Waals surface area contributed by atoms with Crippen LogP contribution in [0.25, 0.3) is 0 Å². The molecule has 0 atom stereocenters. The second kappa shape index (κ2) is 7.60. The van der Waals surface area contributed by atoms with Gasteiger partial charge in [0, 0.05) is 58.6 Å². The molecule has 10 heteroatoms. The number of hydrogen-bond donors (Lipinski definition) is 0. The third kappa shape index (κ3) is 3.83. The maximum absolute atomic E-state index is 14.2. The number of halogens is 1. The first-order chi connectivity index (χ1) is 12.9. The van der Waals surface area contributed by atoms with Crippen LogP contribution in [0.4, 0.5) is 27.5 Å². The molecule has 9 nitrogen and oxygen atoms in total. The zero-order valence-corrected chi connectivity index (χ0v) is 15.4. The lowest BCUT2D eigenvalue weighted by Crippen LogP contribution is -2.47. The first-order valence-electron chi connectivity index (χ1n) is 8.43. The van der Waals surface area contributed by atoms with Crippen LogP contribution < -0.4 is 19.4 Å². The molecule has 1 aromatic carbocycles. The molecule has 144 valence electrons. The zero-order chi connectivity index (χ0) is 19.6. The summed E-state index contributed by atoms with van der Waals surface area (Å²) in [6, 6.07) is 4.36. The molecule has 1 aliphatic heterocycles. The molecule has 2 heterocycles. The van der Waals surface area contributed by atoms with Crippen LogP contribution in [0.3, 0.4) is 0 Å². The van der Waals surface area contributed by atoms with Crippen molar-refractivity contribution in [1.82, 2.24) is 9.97 Å². The Balaban J connectivity index is 1.81. The van der Waals surface area contributed by atoms with E-state index in [2.05, 4.69) is 14.9 Å². The van der Waals surface area contributed by atoms with Gasteiger partial charge in [0.05, 0.1) is 12.0 Å². The molecule has 1 aliphatic rings. The van der Waals surface area contributed by atoms with Gasteiger partial charge < -0.3 is 19.4 Å². The molecule has 0 aliphatic carbocycles. The highest BCUT2D eigenvalue weighted by atomic mass is 19.1. The fourth-order valence-corrected chi connectivity index (χ4v) is 3.01. The van der Waals surface area contributed by atoms with Crippen LogP contribution in [0.5, 0.6) is 5.75 Å². The Bertz CT molecular complexity index is 839. The molecule has 0 spiro atoms. The highest BCUT2D eigenvalue weighted by Crippen LogP contribution is 2.35. The normalized spacial score (nSPS) is 14.2. The van der Waals surface area contributed by atoms with Crippen molar-refractivity contribution in [3.8, 4) is 5.75 Å². The van der Waals surface area contributed by atoms with Crippen molar-refractivity contribution in [3.05, 3.63) is 40.3 Å². The number of nitro benzene ring substituents is 1. The molecular formula is C17H21FN6O3. The van der Waals surface area contributed by atoms with E-state index in [0.29, 0.717) is 32.1 Å². The standard InChI is InChI=1S/C17H21FN6O3/c1-21(2)17-19-5-4-15(20-17)23-8-6-22(7-9-23)14-11-12(27-3)10-13(18)16(14)24(25)26/h4-5,10-11H,6-9H2,1-3H3. The molecule has 1 saturated heterocycles. The van der Waals surface area contributed by atoms with Gasteiger partial charge in [-0.2, -0.15) is 9.37 Å². The SMILES string of the molecule is COc1cc(F)c([N+](=O)[O-])c(N2CCN(c3ccnc(N(C)C)n3)CC2)c1. The van der Waals surface area contributed by atoms with E-state index in [-0.39, 0.29) is 11.4 Å². The van der Waals surface area contributed by atoms with Crippen LogP contribution >= 0.6 is 0 Å². The summed E-state index contributed by atoms with van der Waals surface area (Å²) < 4.78 is 19.3. The Morgan fingerprint density at radius 1 is 1.22 bits per heavy atom. The maximum Gasteiger partial charge on any atom is 0.328 e. The van der Waals surface area contributed by atoms with Gasteiger partial charge in [-0.05, 0) is 6.07 Å². The lowest BCUT2D eigenvalue weighted by atomic mass is 10.2. The van der Waals surface area contributed by atoms with Crippen LogP contribution in [0.15, 0.2) is 24.4 Å². The van der Waals surface area contributed by atoms with E-state index in [0.717, 1.165) is 11.9 Å². The van der Waals surface area contributed by atoms with Crippen molar-refractivity contribution in [2.45, 2.75) is 0 Å². The Morgan fingerprint density at radius 2 is 1.89 bits per heavy atom. The number of nitrogens with zero attached hydrogens (tertiary/aromatic N) is 6. The van der Waals surface area contributed by atoms with Crippen LogP contribution in [0.1, 0.15) is 0 Å². The number of nitro groups is 1. The first kappa shape index (κ1) is 18.6. The Labute approximate surface area is 156 Å². The second-order valence-corrected chi connectivity index (χ2v) is 6.32. The second-order valence-electron chi connectivity index (χ2n) is 6.32. The van der Waals surface area contributed by atoms with Gasteiger partial charge in [-0.25, -0.2) is 4.98 Å². The average molecular weight is 376 g/mol. The molecular weight excluding hydrogens is 355 g/mol. The van der Waals surface area contributed by atoms with Crippen LogP contribution in [-0.4, -0.2) is 62.3 Å². The lowest BCUT2D eigenvalue weighted by Gasteiger charge is -2.36. The molecule has 27 heavy (non-hydrogen) atoms. The van der Waals surface area contributed by atoms with E-state index < -0.39 is 16.4 Å². The number of hydrogen-bond acceptors (Lipinski definition) is 8. The van der Waals surface area contributed by atoms with E-state index in [1.165, 1.54) is 13.2 Å². The molecule has 1 fully saturated rings. The summed E-state index contributed by atoms with van der Waals surface area (Å²) in [5.41, 5.74) is -0.297. The molecule has 0 N–H and O–H groups in total. The van der Waals surface area contributed by atoms with Gasteiger partial charge in [-0.15, -0.1) is 0 Å². The predicted octanol–water partition coefficient (Wildman–Crippen LogP) is 1.93. The molecule has 1 aromatic heterocycles. The van der Waals surface area contributed by atoms with Crippen LogP contribution in [0, 0.1) is 15.9 Å². The van der Waals surface area contributed by atoms with Gasteiger partial charge in [0.2, 0.25) is 11.8 Å². The third-order valence-corrected chi connectivity index (χ3v) is 4.41. The van der Waals surface area contributed by atoms with E-state index in [1.807, 2.05) is 25.1 Å². The summed E-state index contributed by atoms with van der Waals surface area (Å²) in [6.45, 7) is 2.18. The van der Waals surface area contributed by atoms with E-state index >= 15 is 0 Å². The summed E-state index contributed by atoms with van der Waals surface area (Å²) in [4.78, 5) is 25.1. The van der Waals surface area contributed by atoms with Crippen molar-refractivity contribution in [3.63, 3.8) is 0 Å². The minimum atomic E-state index is -0.900. The van der Waals surface area contributed by atoms with Crippen LogP contribution in [-0.2, 0) is 0 Å². The minimum absolute atomic E-state index is 0.230. The molecule has 0 amide bonds. The smallest absolute Gasteiger partial charge is 0.328 e. The number of methoxy groups -OCH3 is 1. The number of aromatic nitrogens is 2. The molecule has 0 saturated carbocycles. The summed E-state index contributed by atoms with van der Waals surface area (Å²) in [5.74, 6) is 0.755. The Morgan fingerprint density at radius 3 is 2.48 bits per heavy atom. The van der Waals surface area contributed by atoms with Gasteiger partial charge in [0.25, 0.3) is 0 Å². The fourth-order valence-electron chi connectivity index (χ4n) is 3.01. The maximum atomic E-state index is 14.2. The van der Waals surface area contributed by atoms with Gasteiger partial charge in [0.1, 0.15) is 17.3 Å². The monoisotopic (exact) mass is 376 g/mol. The van der Waals surface area contributed by atoms with Crippen LogP contribution in [0.2, 0.25) is 0 Å². The quantitative estimate of drug-likeness (QED) is 0.578. The Kier molecular flexibility index (Phi) is 5.24. The lowest BCUT2D eigenvalue weighted by molar-refractivity contribution is -0.386. The van der Waals surface area contributed by atoms with E-state index in [1.54, 1.807) is 11.1 Å². The molecule has 2 aromatic rings. The number of benzene rings is 1. The van der Waals surface area contributed by atoms with Gasteiger partial charge in [0.15, 0.2) is 0 Å². The van der Waals surface area contributed by atoms with Gasteiger partial charge in [-0.3, -0.25) is 10.1 Å². The summed E-state index contributed by atoms with van der Waals surface area (Å²) in [7, 11) is 5.14. The van der Waals surface area contributed by atoms with Crippen molar-refractivity contribution in [1.29, 1.82) is 0 Å². The third-order valence-electron chi connectivity index (χ3n) is 4.41. The van der Waals surface area contributed by atoms with Crippen molar-refractivity contribution in [2.24, 2.45) is 0 Å². The van der Waals surface area contributed by atoms with Gasteiger partial charge in [-0.1, -0.05) is 0 Å². The average Bonchev–Trinajstić information content (AvgIpc) is 2.67. The molecule has 0 radical (unpaired) electrons. The van der Waals surface area contributed by atoms with Crippen molar-refractivity contribution >= 4 is 23.1 Å². The van der Waals surface area contributed by atoms with Gasteiger partial charge >= 0.3 is 5.69 Å². The van der Waals surface area contributed by atoms with E-state index in [9.17, 15) is 14.5 Å². The highest BCUT2D eigenvalue weighted by molar-refractivity contribution is 5.67. The highest BCUT2D eigenvalue weighted by Gasteiger charge is 2.28. The minimum Gasteiger partial charge on any atom is -0.497 e. The van der Waals surface area contributed by atoms with Crippen molar-refractivity contribution < 1.29 is 14.1 Å². The molecule has 0 bridgehead atoms. The molecule has 3 rings (SSSR count). The molecule has 0 unspecified atom stereocenters. The Hall–Kier alpha value is -3.17. The summed E-state index contributed by atoms with van der Waals surface area (Å²) in [6.07, 6.45) is 1.70. The topological polar surface area (TPSA) is 87.9 Å². The first-order valence-corrected chi connectivity index (χ1v) is 8.43. The van der Waals surface area contributed by atoms with Crippen molar-refractivity contribution in [2.75, 3.05) is 62.1 Å². The zero-order valence-electron chi connectivity index (χ0n) is 15.4. The number of rotatable bonds is 5. The fraction of sp³-hybridized carbons (Fsp3) is 0.412. The van der Waals surface area contributed by atoms with E-state index in [4.69, 9.17) is 4.74 Å². The largest absolute Gasteiger partial charge is 0.497 e. The summed E-state index contributed by atoms with van der Waals surface area (Å²) >= 11 is 0. The number of piperazine rings is 1.